The number of benzene rings is 1. The Kier molecular flexibility index (Phi) is 6.21. The highest BCUT2D eigenvalue weighted by Crippen LogP contribution is 2.23. The van der Waals surface area contributed by atoms with E-state index in [0.29, 0.717) is 6.61 Å². The smallest absolute Gasteiger partial charge is 0.226 e. The van der Waals surface area contributed by atoms with Crippen LogP contribution in [-0.2, 0) is 9.53 Å². The van der Waals surface area contributed by atoms with Crippen molar-refractivity contribution in [2.24, 2.45) is 0 Å². The van der Waals surface area contributed by atoms with Gasteiger partial charge in [0, 0.05) is 11.1 Å². The van der Waals surface area contributed by atoms with Gasteiger partial charge in [0.05, 0.1) is 13.0 Å². The quantitative estimate of drug-likeness (QED) is 0.814. The summed E-state index contributed by atoms with van der Waals surface area (Å²) in [5.74, 6) is -2.11. The Morgan fingerprint density at radius 1 is 1.33 bits per heavy atom. The molecule has 0 aromatic heterocycles. The van der Waals surface area contributed by atoms with E-state index in [-0.39, 0.29) is 17.5 Å². The molecule has 0 bridgehead atoms. The van der Waals surface area contributed by atoms with Gasteiger partial charge in [-0.25, -0.2) is 8.78 Å². The molecule has 6 heteroatoms. The van der Waals surface area contributed by atoms with Gasteiger partial charge in [0.15, 0.2) is 11.6 Å². The van der Waals surface area contributed by atoms with Crippen molar-refractivity contribution < 1.29 is 18.3 Å². The van der Waals surface area contributed by atoms with Crippen molar-refractivity contribution in [1.82, 2.24) is 0 Å². The van der Waals surface area contributed by atoms with Gasteiger partial charge in [0.2, 0.25) is 5.91 Å². The van der Waals surface area contributed by atoms with Gasteiger partial charge in [0.25, 0.3) is 0 Å². The predicted octanol–water partition coefficient (Wildman–Crippen LogP) is 3.48. The van der Waals surface area contributed by atoms with Crippen LogP contribution in [0.15, 0.2) is 16.6 Å². The molecule has 0 radical (unpaired) electrons. The van der Waals surface area contributed by atoms with Crippen molar-refractivity contribution in [2.45, 2.75) is 19.8 Å². The van der Waals surface area contributed by atoms with Gasteiger partial charge in [-0.2, -0.15) is 0 Å². The molecule has 1 aromatic carbocycles. The molecule has 0 spiro atoms. The van der Waals surface area contributed by atoms with Crippen molar-refractivity contribution in [3.8, 4) is 0 Å². The van der Waals surface area contributed by atoms with Crippen LogP contribution in [0, 0.1) is 11.6 Å². The van der Waals surface area contributed by atoms with Gasteiger partial charge in [-0.05, 0) is 18.6 Å². The zero-order valence-electron chi connectivity index (χ0n) is 9.93. The van der Waals surface area contributed by atoms with E-state index in [1.807, 2.05) is 6.92 Å². The van der Waals surface area contributed by atoms with Gasteiger partial charge in [0.1, 0.15) is 5.69 Å². The van der Waals surface area contributed by atoms with Crippen LogP contribution >= 0.6 is 15.9 Å². The van der Waals surface area contributed by atoms with Crippen molar-refractivity contribution in [2.75, 3.05) is 18.5 Å². The SMILES string of the molecule is CCCOCCC(=O)Nc1c(F)cc(Br)cc1F. The number of carbonyl (C=O) groups excluding carboxylic acids is 1. The first kappa shape index (κ1) is 15.0. The lowest BCUT2D eigenvalue weighted by atomic mass is 10.2. The Labute approximate surface area is 113 Å². The topological polar surface area (TPSA) is 38.3 Å². The number of amides is 1. The highest BCUT2D eigenvalue weighted by molar-refractivity contribution is 9.10. The molecule has 0 aliphatic carbocycles. The maximum Gasteiger partial charge on any atom is 0.226 e. The maximum absolute atomic E-state index is 13.4. The molecule has 0 atom stereocenters. The molecule has 100 valence electrons. The summed E-state index contributed by atoms with van der Waals surface area (Å²) in [5, 5.41) is 2.19. The first-order valence-corrected chi connectivity index (χ1v) is 6.36. The largest absolute Gasteiger partial charge is 0.381 e. The Morgan fingerprint density at radius 2 is 1.94 bits per heavy atom. The molecule has 0 saturated carbocycles. The fourth-order valence-corrected chi connectivity index (χ4v) is 1.68. The molecule has 1 rings (SSSR count). The minimum absolute atomic E-state index is 0.0644. The zero-order valence-corrected chi connectivity index (χ0v) is 11.5. The third kappa shape index (κ3) is 4.70. The minimum Gasteiger partial charge on any atom is -0.381 e. The van der Waals surface area contributed by atoms with Crippen molar-refractivity contribution in [3.63, 3.8) is 0 Å². The van der Waals surface area contributed by atoms with E-state index >= 15 is 0 Å². The van der Waals surface area contributed by atoms with Crippen LogP contribution in [0.3, 0.4) is 0 Å². The lowest BCUT2D eigenvalue weighted by molar-refractivity contribution is -0.117. The normalized spacial score (nSPS) is 10.4. The van der Waals surface area contributed by atoms with E-state index in [1.54, 1.807) is 0 Å². The number of rotatable bonds is 6. The number of hydrogen-bond donors (Lipinski definition) is 1. The van der Waals surface area contributed by atoms with Gasteiger partial charge < -0.3 is 10.1 Å². The van der Waals surface area contributed by atoms with E-state index in [9.17, 15) is 13.6 Å². The molecular formula is C12H14BrF2NO2. The fraction of sp³-hybridized carbons (Fsp3) is 0.417. The number of halogens is 3. The van der Waals surface area contributed by atoms with E-state index in [0.717, 1.165) is 18.6 Å². The highest BCUT2D eigenvalue weighted by atomic mass is 79.9. The Balaban J connectivity index is 2.54. The first-order chi connectivity index (χ1) is 8.54. The van der Waals surface area contributed by atoms with Gasteiger partial charge in [-0.15, -0.1) is 0 Å². The average Bonchev–Trinajstić information content (AvgIpc) is 2.29. The second-order valence-corrected chi connectivity index (χ2v) is 4.57. The molecule has 1 aromatic rings. The van der Waals surface area contributed by atoms with Gasteiger partial charge in [-0.1, -0.05) is 22.9 Å². The molecule has 0 saturated heterocycles. The average molecular weight is 322 g/mol. The molecular weight excluding hydrogens is 308 g/mol. The number of anilines is 1. The lowest BCUT2D eigenvalue weighted by Gasteiger charge is -2.08. The highest BCUT2D eigenvalue weighted by Gasteiger charge is 2.13. The summed E-state index contributed by atoms with van der Waals surface area (Å²) in [4.78, 5) is 11.4. The van der Waals surface area contributed by atoms with Crippen molar-refractivity contribution in [3.05, 3.63) is 28.2 Å². The summed E-state index contributed by atoms with van der Waals surface area (Å²) >= 11 is 2.96. The second kappa shape index (κ2) is 7.43. The molecule has 0 fully saturated rings. The Hall–Kier alpha value is -1.01. The van der Waals surface area contributed by atoms with E-state index in [2.05, 4.69) is 21.2 Å². The number of nitrogens with one attached hydrogen (secondary N) is 1. The van der Waals surface area contributed by atoms with Crippen LogP contribution in [-0.4, -0.2) is 19.1 Å². The molecule has 0 heterocycles. The third-order valence-electron chi connectivity index (χ3n) is 2.09. The van der Waals surface area contributed by atoms with Crippen LogP contribution in [0.2, 0.25) is 0 Å². The molecule has 0 unspecified atom stereocenters. The Morgan fingerprint density at radius 3 is 2.50 bits per heavy atom. The van der Waals surface area contributed by atoms with Crippen molar-refractivity contribution in [1.29, 1.82) is 0 Å². The van der Waals surface area contributed by atoms with Crippen LogP contribution in [0.25, 0.3) is 0 Å². The number of hydrogen-bond acceptors (Lipinski definition) is 2. The number of ether oxygens (including phenoxy) is 1. The first-order valence-electron chi connectivity index (χ1n) is 5.56. The van der Waals surface area contributed by atoms with Crippen LogP contribution in [0.4, 0.5) is 14.5 Å². The fourth-order valence-electron chi connectivity index (χ4n) is 1.27. The molecule has 0 aliphatic rings. The van der Waals surface area contributed by atoms with Crippen LogP contribution < -0.4 is 5.32 Å². The molecule has 1 amide bonds. The summed E-state index contributed by atoms with van der Waals surface area (Å²) in [7, 11) is 0. The molecule has 0 aliphatic heterocycles. The third-order valence-corrected chi connectivity index (χ3v) is 2.55. The summed E-state index contributed by atoms with van der Waals surface area (Å²) in [6, 6.07) is 2.18. The maximum atomic E-state index is 13.4. The van der Waals surface area contributed by atoms with E-state index in [4.69, 9.17) is 4.74 Å². The van der Waals surface area contributed by atoms with E-state index in [1.165, 1.54) is 0 Å². The minimum atomic E-state index is -0.815. The summed E-state index contributed by atoms with van der Waals surface area (Å²) in [6.45, 7) is 2.75. The lowest BCUT2D eigenvalue weighted by Crippen LogP contribution is -2.16. The molecule has 1 N–H and O–H groups in total. The number of carbonyl (C=O) groups is 1. The monoisotopic (exact) mass is 321 g/mol. The Bertz CT molecular complexity index is 404. The van der Waals surface area contributed by atoms with E-state index < -0.39 is 23.2 Å². The molecule has 3 nitrogen and oxygen atoms in total. The van der Waals surface area contributed by atoms with Crippen LogP contribution in [0.1, 0.15) is 19.8 Å². The summed E-state index contributed by atoms with van der Waals surface area (Å²) in [5.41, 5.74) is -0.432. The summed E-state index contributed by atoms with van der Waals surface area (Å²) in [6.07, 6.45) is 0.923. The summed E-state index contributed by atoms with van der Waals surface area (Å²) < 4.78 is 32.2. The predicted molar refractivity (Wildman–Crippen MR) is 68.4 cm³/mol. The zero-order chi connectivity index (χ0) is 13.5. The van der Waals surface area contributed by atoms with Crippen LogP contribution in [0.5, 0.6) is 0 Å². The second-order valence-electron chi connectivity index (χ2n) is 3.65. The standard InChI is InChI=1S/C12H14BrF2NO2/c1-2-4-18-5-3-11(17)16-12-9(14)6-8(13)7-10(12)15/h6-7H,2-5H2,1H3,(H,16,17). The van der Waals surface area contributed by atoms with Crippen molar-refractivity contribution >= 4 is 27.5 Å². The van der Waals surface area contributed by atoms with Gasteiger partial charge in [-0.3, -0.25) is 4.79 Å². The molecule has 18 heavy (non-hydrogen) atoms. The van der Waals surface area contributed by atoms with Gasteiger partial charge >= 0.3 is 0 Å².